The van der Waals surface area contributed by atoms with Gasteiger partial charge in [0, 0.05) is 13.2 Å². The molecule has 0 aliphatic rings. The number of halogens is 1. The van der Waals surface area contributed by atoms with Crippen LogP contribution in [-0.2, 0) is 11.3 Å². The van der Waals surface area contributed by atoms with E-state index in [0.29, 0.717) is 27.8 Å². The van der Waals surface area contributed by atoms with Gasteiger partial charge in [0.15, 0.2) is 11.4 Å². The molecule has 0 saturated heterocycles. The number of oxazole rings is 1. The summed E-state index contributed by atoms with van der Waals surface area (Å²) in [4.78, 5) is 12.8. The van der Waals surface area contributed by atoms with Crippen molar-refractivity contribution < 1.29 is 9.15 Å². The summed E-state index contributed by atoms with van der Waals surface area (Å²) in [5.41, 5.74) is 1.56. The highest BCUT2D eigenvalue weighted by atomic mass is 35.5. The summed E-state index contributed by atoms with van der Waals surface area (Å²) in [6.45, 7) is 0.307. The molecule has 7 heteroatoms. The molecule has 20 heavy (non-hydrogen) atoms. The molecule has 0 aliphatic heterocycles. The Bertz CT molecular complexity index is 714. The molecular formula is C13H10ClN3O2S. The Balaban J connectivity index is 1.90. The van der Waals surface area contributed by atoms with E-state index in [1.807, 2.05) is 24.3 Å². The van der Waals surface area contributed by atoms with Gasteiger partial charge >= 0.3 is 0 Å². The van der Waals surface area contributed by atoms with Gasteiger partial charge in [-0.1, -0.05) is 23.7 Å². The maximum absolute atomic E-state index is 5.96. The molecule has 102 valence electrons. The van der Waals surface area contributed by atoms with Crippen molar-refractivity contribution in [2.75, 3.05) is 7.11 Å². The molecule has 0 spiro atoms. The molecule has 0 fully saturated rings. The molecule has 0 N–H and O–H groups in total. The first-order valence-electron chi connectivity index (χ1n) is 5.80. The van der Waals surface area contributed by atoms with Crippen molar-refractivity contribution >= 4 is 34.5 Å². The molecule has 0 atom stereocenters. The number of hydrogen-bond donors (Lipinski definition) is 0. The summed E-state index contributed by atoms with van der Waals surface area (Å²) in [5, 5.41) is 1.55. The Morgan fingerprint density at radius 3 is 2.90 bits per heavy atom. The fraction of sp³-hybridized carbons (Fsp3) is 0.154. The van der Waals surface area contributed by atoms with Crippen molar-refractivity contribution in [1.82, 2.24) is 15.0 Å². The third-order valence-corrected chi connectivity index (χ3v) is 3.42. The van der Waals surface area contributed by atoms with Crippen LogP contribution in [0.2, 0.25) is 5.15 Å². The zero-order chi connectivity index (χ0) is 13.9. The van der Waals surface area contributed by atoms with Gasteiger partial charge in [-0.2, -0.15) is 0 Å². The summed E-state index contributed by atoms with van der Waals surface area (Å²) in [7, 11) is 1.58. The zero-order valence-corrected chi connectivity index (χ0v) is 12.1. The smallest absolute Gasteiger partial charge is 0.263 e. The molecule has 2 aromatic heterocycles. The summed E-state index contributed by atoms with van der Waals surface area (Å²) < 4.78 is 10.6. The van der Waals surface area contributed by atoms with Gasteiger partial charge in [-0.15, -0.1) is 0 Å². The normalized spacial score (nSPS) is 11.1. The van der Waals surface area contributed by atoms with Gasteiger partial charge < -0.3 is 9.15 Å². The number of para-hydroxylation sites is 2. The SMILES string of the molecule is COCc1nc(Cl)cc(Sc2nc3ccccc3o2)n1. The molecule has 0 radical (unpaired) electrons. The van der Waals surface area contributed by atoms with Gasteiger partial charge in [-0.25, -0.2) is 15.0 Å². The van der Waals surface area contributed by atoms with Gasteiger partial charge in [0.25, 0.3) is 5.22 Å². The summed E-state index contributed by atoms with van der Waals surface area (Å²) in [6.07, 6.45) is 0. The minimum atomic E-state index is 0.307. The van der Waals surface area contributed by atoms with E-state index in [1.54, 1.807) is 13.2 Å². The lowest BCUT2D eigenvalue weighted by Gasteiger charge is -2.01. The maximum Gasteiger partial charge on any atom is 0.263 e. The molecule has 2 heterocycles. The fourth-order valence-corrected chi connectivity index (χ4v) is 2.71. The van der Waals surface area contributed by atoms with Gasteiger partial charge in [0.1, 0.15) is 22.3 Å². The van der Waals surface area contributed by atoms with Crippen LogP contribution in [0.3, 0.4) is 0 Å². The molecule has 0 amide bonds. The average molecular weight is 308 g/mol. The number of nitrogens with zero attached hydrogens (tertiary/aromatic N) is 3. The number of hydrogen-bond acceptors (Lipinski definition) is 6. The van der Waals surface area contributed by atoms with Gasteiger partial charge in [-0.3, -0.25) is 0 Å². The zero-order valence-electron chi connectivity index (χ0n) is 10.5. The maximum atomic E-state index is 5.96. The molecule has 0 aliphatic carbocycles. The largest absolute Gasteiger partial charge is 0.431 e. The van der Waals surface area contributed by atoms with E-state index in [9.17, 15) is 0 Å². The van der Waals surface area contributed by atoms with E-state index in [4.69, 9.17) is 20.8 Å². The topological polar surface area (TPSA) is 61.0 Å². The molecule has 5 nitrogen and oxygen atoms in total. The Morgan fingerprint density at radius 1 is 1.25 bits per heavy atom. The van der Waals surface area contributed by atoms with Crippen LogP contribution in [0, 0.1) is 0 Å². The van der Waals surface area contributed by atoms with E-state index < -0.39 is 0 Å². The highest BCUT2D eigenvalue weighted by Gasteiger charge is 2.10. The van der Waals surface area contributed by atoms with Gasteiger partial charge in [0.05, 0.1) is 0 Å². The van der Waals surface area contributed by atoms with Crippen LogP contribution < -0.4 is 0 Å². The first-order valence-corrected chi connectivity index (χ1v) is 7.00. The lowest BCUT2D eigenvalue weighted by Crippen LogP contribution is -1.98. The number of benzene rings is 1. The molecule has 1 aromatic carbocycles. The summed E-state index contributed by atoms with van der Waals surface area (Å²) >= 11 is 7.26. The number of methoxy groups -OCH3 is 1. The first-order chi connectivity index (χ1) is 9.74. The van der Waals surface area contributed by atoms with Crippen LogP contribution in [0.25, 0.3) is 11.1 Å². The molecular weight excluding hydrogens is 298 g/mol. The molecule has 0 saturated carbocycles. The quantitative estimate of drug-likeness (QED) is 0.687. The van der Waals surface area contributed by atoms with Crippen molar-refractivity contribution in [3.63, 3.8) is 0 Å². The number of ether oxygens (including phenoxy) is 1. The lowest BCUT2D eigenvalue weighted by molar-refractivity contribution is 0.177. The Morgan fingerprint density at radius 2 is 2.10 bits per heavy atom. The Kier molecular flexibility index (Phi) is 3.86. The van der Waals surface area contributed by atoms with Crippen molar-refractivity contribution in [3.05, 3.63) is 41.3 Å². The van der Waals surface area contributed by atoms with Crippen LogP contribution in [-0.4, -0.2) is 22.1 Å². The Labute approximate surface area is 124 Å². The number of aromatic nitrogens is 3. The molecule has 0 bridgehead atoms. The summed E-state index contributed by atoms with van der Waals surface area (Å²) in [6, 6.07) is 9.25. The standard InChI is InChI=1S/C13H10ClN3O2S/c1-18-7-11-16-10(14)6-12(17-11)20-13-15-8-4-2-3-5-9(8)19-13/h2-6H,7H2,1H3. The second kappa shape index (κ2) is 5.78. The van der Waals surface area contributed by atoms with E-state index in [1.165, 1.54) is 11.8 Å². The highest BCUT2D eigenvalue weighted by molar-refractivity contribution is 7.99. The van der Waals surface area contributed by atoms with E-state index in [2.05, 4.69) is 15.0 Å². The van der Waals surface area contributed by atoms with Crippen molar-refractivity contribution in [2.45, 2.75) is 16.9 Å². The van der Waals surface area contributed by atoms with Gasteiger partial charge in [-0.05, 0) is 23.9 Å². The van der Waals surface area contributed by atoms with E-state index in [-0.39, 0.29) is 0 Å². The Hall–Kier alpha value is -1.63. The molecule has 0 unspecified atom stereocenters. The first kappa shape index (κ1) is 13.4. The lowest BCUT2D eigenvalue weighted by atomic mass is 10.3. The summed E-state index contributed by atoms with van der Waals surface area (Å²) in [5.74, 6) is 0.526. The van der Waals surface area contributed by atoms with E-state index >= 15 is 0 Å². The van der Waals surface area contributed by atoms with Crippen LogP contribution in [0.1, 0.15) is 5.82 Å². The fourth-order valence-electron chi connectivity index (χ4n) is 1.67. The van der Waals surface area contributed by atoms with Crippen molar-refractivity contribution in [2.24, 2.45) is 0 Å². The third-order valence-electron chi connectivity index (χ3n) is 2.46. The molecule has 3 rings (SSSR count). The molecule has 3 aromatic rings. The second-order valence-corrected chi connectivity index (χ2v) is 5.29. The van der Waals surface area contributed by atoms with Crippen LogP contribution in [0.4, 0.5) is 0 Å². The minimum Gasteiger partial charge on any atom is -0.431 e. The van der Waals surface area contributed by atoms with Crippen LogP contribution >= 0.6 is 23.4 Å². The number of rotatable bonds is 4. The van der Waals surface area contributed by atoms with Crippen LogP contribution in [0.5, 0.6) is 0 Å². The predicted molar refractivity (Wildman–Crippen MR) is 75.9 cm³/mol. The van der Waals surface area contributed by atoms with Crippen molar-refractivity contribution in [1.29, 1.82) is 0 Å². The average Bonchev–Trinajstić information content (AvgIpc) is 2.80. The number of fused-ring (bicyclic) bond motifs is 1. The van der Waals surface area contributed by atoms with Crippen LogP contribution in [0.15, 0.2) is 45.0 Å². The van der Waals surface area contributed by atoms with Gasteiger partial charge in [0.2, 0.25) is 0 Å². The third kappa shape index (κ3) is 2.92. The monoisotopic (exact) mass is 307 g/mol. The van der Waals surface area contributed by atoms with Crippen molar-refractivity contribution in [3.8, 4) is 0 Å². The minimum absolute atomic E-state index is 0.307. The second-order valence-electron chi connectivity index (χ2n) is 3.93. The highest BCUT2D eigenvalue weighted by Crippen LogP contribution is 2.29. The van der Waals surface area contributed by atoms with E-state index in [0.717, 1.165) is 11.1 Å². The predicted octanol–water partition coefficient (Wildman–Crippen LogP) is 3.57.